The first-order chi connectivity index (χ1) is 9.20. The van der Waals surface area contributed by atoms with Crippen molar-refractivity contribution in [3.8, 4) is 16.9 Å². The smallest absolute Gasteiger partial charge is 0.269 e. The molecule has 0 aromatic heterocycles. The second-order valence-corrected chi connectivity index (χ2v) is 4.37. The highest BCUT2D eigenvalue weighted by atomic mass is 16.6. The second-order valence-electron chi connectivity index (χ2n) is 4.37. The van der Waals surface area contributed by atoms with Gasteiger partial charge < -0.3 is 10.5 Å². The highest BCUT2D eigenvalue weighted by molar-refractivity contribution is 5.76. The Kier molecular flexibility index (Phi) is 2.68. The summed E-state index contributed by atoms with van der Waals surface area (Å²) < 4.78 is 5.79. The molecule has 0 saturated heterocycles. The van der Waals surface area contributed by atoms with Crippen molar-refractivity contribution in [3.63, 3.8) is 0 Å². The van der Waals surface area contributed by atoms with Gasteiger partial charge in [0, 0.05) is 29.8 Å². The normalized spacial score (nSPS) is 16.2. The van der Waals surface area contributed by atoms with E-state index in [0.29, 0.717) is 0 Å². The van der Waals surface area contributed by atoms with Crippen LogP contribution in [0.2, 0.25) is 0 Å². The zero-order valence-electron chi connectivity index (χ0n) is 10.1. The van der Waals surface area contributed by atoms with Crippen molar-refractivity contribution >= 4 is 5.69 Å². The molecule has 5 nitrogen and oxygen atoms in total. The number of nitrogens with zero attached hydrogens (tertiary/aromatic N) is 1. The van der Waals surface area contributed by atoms with Crippen LogP contribution in [0.4, 0.5) is 5.69 Å². The number of nitro groups is 1. The summed E-state index contributed by atoms with van der Waals surface area (Å²) in [5, 5.41) is 10.9. The Hall–Kier alpha value is -2.40. The van der Waals surface area contributed by atoms with Gasteiger partial charge in [-0.25, -0.2) is 0 Å². The minimum atomic E-state index is -0.408. The third kappa shape index (κ3) is 1.84. The summed E-state index contributed by atoms with van der Waals surface area (Å²) in [4.78, 5) is 10.5. The van der Waals surface area contributed by atoms with E-state index in [-0.39, 0.29) is 18.3 Å². The van der Waals surface area contributed by atoms with E-state index in [0.717, 1.165) is 22.4 Å². The molecule has 2 aromatic rings. The SMILES string of the molecule is NCC1Oc2ccccc2-c2ccc([N+](=O)[O-])cc21. The number of para-hydroxylation sites is 1. The van der Waals surface area contributed by atoms with E-state index in [9.17, 15) is 10.1 Å². The van der Waals surface area contributed by atoms with Gasteiger partial charge in [-0.05, 0) is 17.7 Å². The van der Waals surface area contributed by atoms with Crippen LogP contribution in [0.25, 0.3) is 11.1 Å². The number of nitro benzene ring substituents is 1. The Morgan fingerprint density at radius 2 is 2.00 bits per heavy atom. The molecule has 0 spiro atoms. The van der Waals surface area contributed by atoms with Crippen LogP contribution in [0.1, 0.15) is 11.7 Å². The second kappa shape index (κ2) is 4.37. The number of hydrogen-bond acceptors (Lipinski definition) is 4. The molecular formula is C14H12N2O3. The molecule has 0 aliphatic carbocycles. The van der Waals surface area contributed by atoms with Gasteiger partial charge in [-0.3, -0.25) is 10.1 Å². The largest absolute Gasteiger partial charge is 0.484 e. The summed E-state index contributed by atoms with van der Waals surface area (Å²) in [6.45, 7) is 0.280. The van der Waals surface area contributed by atoms with Crippen LogP contribution in [-0.4, -0.2) is 11.5 Å². The first-order valence-electron chi connectivity index (χ1n) is 5.95. The number of benzene rings is 2. The molecule has 96 valence electrons. The third-order valence-corrected chi connectivity index (χ3v) is 3.25. The molecule has 0 radical (unpaired) electrons. The lowest BCUT2D eigenvalue weighted by molar-refractivity contribution is -0.385. The van der Waals surface area contributed by atoms with E-state index in [4.69, 9.17) is 10.5 Å². The summed E-state index contributed by atoms with van der Waals surface area (Å²) in [6.07, 6.45) is -0.343. The minimum absolute atomic E-state index is 0.0557. The zero-order valence-corrected chi connectivity index (χ0v) is 10.1. The molecule has 1 heterocycles. The molecule has 0 fully saturated rings. The lowest BCUT2D eigenvalue weighted by Crippen LogP contribution is -2.22. The van der Waals surface area contributed by atoms with Crippen LogP contribution in [0.15, 0.2) is 42.5 Å². The Morgan fingerprint density at radius 3 is 2.74 bits per heavy atom. The number of ether oxygens (including phenoxy) is 1. The predicted molar refractivity (Wildman–Crippen MR) is 71.0 cm³/mol. The molecule has 1 aliphatic rings. The van der Waals surface area contributed by atoms with Crippen molar-refractivity contribution in [2.24, 2.45) is 5.73 Å². The molecule has 0 bridgehead atoms. The highest BCUT2D eigenvalue weighted by Crippen LogP contribution is 2.42. The van der Waals surface area contributed by atoms with Gasteiger partial charge in [0.1, 0.15) is 11.9 Å². The Labute approximate surface area is 109 Å². The van der Waals surface area contributed by atoms with Crippen LogP contribution in [0.5, 0.6) is 5.75 Å². The Morgan fingerprint density at radius 1 is 1.21 bits per heavy atom. The van der Waals surface area contributed by atoms with E-state index in [1.807, 2.05) is 24.3 Å². The van der Waals surface area contributed by atoms with Crippen LogP contribution in [-0.2, 0) is 0 Å². The average Bonchev–Trinajstić information content (AvgIpc) is 2.45. The first kappa shape index (κ1) is 11.7. The predicted octanol–water partition coefficient (Wildman–Crippen LogP) is 2.65. The van der Waals surface area contributed by atoms with Crippen LogP contribution >= 0.6 is 0 Å². The quantitative estimate of drug-likeness (QED) is 0.661. The molecule has 0 amide bonds. The summed E-state index contributed by atoms with van der Waals surface area (Å²) in [5.41, 5.74) is 8.42. The van der Waals surface area contributed by atoms with Gasteiger partial charge in [0.15, 0.2) is 0 Å². The lowest BCUT2D eigenvalue weighted by atomic mass is 9.92. The molecule has 1 atom stereocenters. The standard InChI is InChI=1S/C14H12N2O3/c15-8-14-12-7-9(16(17)18)5-6-10(12)11-3-1-2-4-13(11)19-14/h1-7,14H,8,15H2. The lowest BCUT2D eigenvalue weighted by Gasteiger charge is -2.27. The fourth-order valence-corrected chi connectivity index (χ4v) is 2.36. The fraction of sp³-hybridized carbons (Fsp3) is 0.143. The van der Waals surface area contributed by atoms with Crippen molar-refractivity contribution < 1.29 is 9.66 Å². The van der Waals surface area contributed by atoms with Crippen molar-refractivity contribution in [2.75, 3.05) is 6.54 Å². The maximum absolute atomic E-state index is 10.9. The summed E-state index contributed by atoms with van der Waals surface area (Å²) in [5.74, 6) is 0.763. The molecule has 2 aromatic carbocycles. The number of rotatable bonds is 2. The monoisotopic (exact) mass is 256 g/mol. The Balaban J connectivity index is 2.22. The van der Waals surface area contributed by atoms with E-state index in [2.05, 4.69) is 0 Å². The third-order valence-electron chi connectivity index (χ3n) is 3.25. The highest BCUT2D eigenvalue weighted by Gasteiger charge is 2.26. The number of non-ortho nitro benzene ring substituents is 1. The van der Waals surface area contributed by atoms with Crippen molar-refractivity contribution in [1.29, 1.82) is 0 Å². The van der Waals surface area contributed by atoms with Gasteiger partial charge in [-0.1, -0.05) is 18.2 Å². The molecule has 0 saturated carbocycles. The van der Waals surface area contributed by atoms with E-state index < -0.39 is 4.92 Å². The Bertz CT molecular complexity index is 655. The van der Waals surface area contributed by atoms with Gasteiger partial charge in [0.2, 0.25) is 0 Å². The van der Waals surface area contributed by atoms with Crippen molar-refractivity contribution in [3.05, 3.63) is 58.1 Å². The topological polar surface area (TPSA) is 78.4 Å². The minimum Gasteiger partial charge on any atom is -0.484 e. The van der Waals surface area contributed by atoms with Crippen molar-refractivity contribution in [1.82, 2.24) is 0 Å². The average molecular weight is 256 g/mol. The summed E-state index contributed by atoms with van der Waals surface area (Å²) >= 11 is 0. The maximum Gasteiger partial charge on any atom is 0.269 e. The molecule has 3 rings (SSSR count). The number of hydrogen-bond donors (Lipinski definition) is 1. The molecule has 1 unspecified atom stereocenters. The summed E-state index contributed by atoms with van der Waals surface area (Å²) in [7, 11) is 0. The van der Waals surface area contributed by atoms with Crippen LogP contribution < -0.4 is 10.5 Å². The zero-order chi connectivity index (χ0) is 13.4. The van der Waals surface area contributed by atoms with Gasteiger partial charge in [0.25, 0.3) is 5.69 Å². The summed E-state index contributed by atoms with van der Waals surface area (Å²) in [6, 6.07) is 12.4. The van der Waals surface area contributed by atoms with E-state index >= 15 is 0 Å². The molecular weight excluding hydrogens is 244 g/mol. The van der Waals surface area contributed by atoms with Crippen molar-refractivity contribution in [2.45, 2.75) is 6.10 Å². The number of fused-ring (bicyclic) bond motifs is 3. The number of nitrogens with two attached hydrogens (primary N) is 1. The molecule has 5 heteroatoms. The molecule has 2 N–H and O–H groups in total. The van der Waals surface area contributed by atoms with Gasteiger partial charge in [-0.2, -0.15) is 0 Å². The molecule has 19 heavy (non-hydrogen) atoms. The first-order valence-corrected chi connectivity index (χ1v) is 5.95. The van der Waals surface area contributed by atoms with Crippen LogP contribution in [0.3, 0.4) is 0 Å². The van der Waals surface area contributed by atoms with E-state index in [1.165, 1.54) is 6.07 Å². The molecule has 1 aliphatic heterocycles. The van der Waals surface area contributed by atoms with Gasteiger partial charge >= 0.3 is 0 Å². The van der Waals surface area contributed by atoms with Crippen LogP contribution in [0, 0.1) is 10.1 Å². The fourth-order valence-electron chi connectivity index (χ4n) is 2.36. The van der Waals surface area contributed by atoms with Gasteiger partial charge in [-0.15, -0.1) is 0 Å². The van der Waals surface area contributed by atoms with E-state index in [1.54, 1.807) is 12.1 Å². The van der Waals surface area contributed by atoms with Gasteiger partial charge in [0.05, 0.1) is 4.92 Å². The maximum atomic E-state index is 10.9.